The maximum atomic E-state index is 5.59. The molecule has 53 valence electrons. The molecule has 1 heterocycles. The first kappa shape index (κ1) is 11.1. The van der Waals surface area contributed by atoms with Crippen LogP contribution in [0.15, 0.2) is 0 Å². The first-order valence-electron chi connectivity index (χ1n) is 3.50. The summed E-state index contributed by atoms with van der Waals surface area (Å²) >= 11 is 0. The molecule has 0 spiro atoms. The van der Waals surface area contributed by atoms with Crippen molar-refractivity contribution >= 4 is 7.85 Å². The van der Waals surface area contributed by atoms with Crippen molar-refractivity contribution in [1.82, 2.24) is 0 Å². The predicted octanol–water partition coefficient (Wildman–Crippen LogP) is 1.13. The Labute approximate surface area is 89.6 Å². The van der Waals surface area contributed by atoms with E-state index in [2.05, 4.69) is 20.3 Å². The molecule has 3 atom stereocenters. The summed E-state index contributed by atoms with van der Waals surface area (Å²) in [4.78, 5) is 0. The Kier molecular flexibility index (Phi) is 5.45. The molecule has 0 aromatic carbocycles. The third kappa shape index (κ3) is 2.64. The van der Waals surface area contributed by atoms with Gasteiger partial charge in [0, 0.05) is 32.7 Å². The zero-order chi connectivity index (χ0) is 6.85. The van der Waals surface area contributed by atoms with E-state index in [1.807, 2.05) is 0 Å². The molecule has 1 aliphatic rings. The predicted molar refractivity (Wildman–Crippen MR) is 38.2 cm³/mol. The summed E-state index contributed by atoms with van der Waals surface area (Å²) in [5.74, 6) is 0.426. The van der Waals surface area contributed by atoms with Crippen LogP contribution in [0.4, 0.5) is 0 Å². The summed E-state index contributed by atoms with van der Waals surface area (Å²) in [5.41, 5.74) is 0. The molecule has 1 aliphatic heterocycles. The summed E-state index contributed by atoms with van der Waals surface area (Å²) in [6.45, 7) is 4.19. The van der Waals surface area contributed by atoms with Crippen LogP contribution in [0.1, 0.15) is 20.3 Å². The molecule has 3 heteroatoms. The molecule has 0 saturated carbocycles. The van der Waals surface area contributed by atoms with Crippen molar-refractivity contribution < 1.29 is 37.4 Å². The monoisotopic (exact) mass is 212 g/mol. The van der Waals surface area contributed by atoms with Crippen LogP contribution in [-0.2, 0) is 37.4 Å². The smallest absolute Gasteiger partial charge is 0.105 e. The molecule has 1 fully saturated rings. The molecule has 0 aromatic heterocycles. The van der Waals surface area contributed by atoms with Crippen molar-refractivity contribution in [2.45, 2.75) is 32.4 Å². The quantitative estimate of drug-likeness (QED) is 0.467. The molecule has 1 nitrogen and oxygen atoms in total. The van der Waals surface area contributed by atoms with Gasteiger partial charge in [0.1, 0.15) is 7.85 Å². The average Bonchev–Trinajstić information content (AvgIpc) is 2.13. The molecule has 0 aromatic rings. The molecule has 1 rings (SSSR count). The summed E-state index contributed by atoms with van der Waals surface area (Å²) in [6, 6.07) is -0.0602. The molecule has 3 radical (unpaired) electrons. The van der Waals surface area contributed by atoms with Crippen molar-refractivity contribution in [3.05, 3.63) is 6.42 Å². The third-order valence-electron chi connectivity index (χ3n) is 1.77. The van der Waals surface area contributed by atoms with E-state index in [0.717, 1.165) is 6.42 Å². The van der Waals surface area contributed by atoms with Crippen LogP contribution in [0.25, 0.3) is 0 Å². The normalized spacial score (nSPS) is 39.2. The Morgan fingerprint density at radius 2 is 2.20 bits per heavy atom. The second-order valence-electron chi connectivity index (χ2n) is 2.60. The van der Waals surface area contributed by atoms with Gasteiger partial charge in [-0.25, -0.2) is 0 Å². The maximum absolute atomic E-state index is 5.59. The molecule has 0 N–H and O–H groups in total. The zero-order valence-corrected chi connectivity index (χ0v) is 9.42. The fourth-order valence-corrected chi connectivity index (χ4v) is 1.05. The standard InChI is InChI=1S/C7H12BO.Y/c1-3-6-4-5(2)7(8)9-6;/h4-7H,3H2,1-2H3;/q-1;. The molecule has 0 bridgehead atoms. The Balaban J connectivity index is 0.000000810. The van der Waals surface area contributed by atoms with E-state index in [-0.39, 0.29) is 38.7 Å². The van der Waals surface area contributed by atoms with E-state index in [0.29, 0.717) is 12.0 Å². The minimum absolute atomic E-state index is 0. The Morgan fingerprint density at radius 3 is 2.40 bits per heavy atom. The number of hydrogen-bond donors (Lipinski definition) is 0. The maximum Gasteiger partial charge on any atom is 0.105 e. The molecule has 1 saturated heterocycles. The first-order valence-corrected chi connectivity index (χ1v) is 3.50. The van der Waals surface area contributed by atoms with Gasteiger partial charge >= 0.3 is 0 Å². The van der Waals surface area contributed by atoms with Crippen molar-refractivity contribution in [3.8, 4) is 0 Å². The SMILES string of the molecule is [B]C1OC(CC)[CH-]C1C.[Y]. The van der Waals surface area contributed by atoms with Crippen LogP contribution in [0.5, 0.6) is 0 Å². The van der Waals surface area contributed by atoms with E-state index in [4.69, 9.17) is 12.6 Å². The first-order chi connectivity index (χ1) is 4.24. The molecular formula is C7H12BOY-. The Morgan fingerprint density at radius 1 is 1.60 bits per heavy atom. The van der Waals surface area contributed by atoms with Gasteiger partial charge in [0.25, 0.3) is 0 Å². The minimum Gasteiger partial charge on any atom is -0.419 e. The van der Waals surface area contributed by atoms with Crippen molar-refractivity contribution in [1.29, 1.82) is 0 Å². The Hall–Kier alpha value is 1.13. The van der Waals surface area contributed by atoms with E-state index in [9.17, 15) is 0 Å². The second kappa shape index (κ2) is 4.90. The molecule has 3 unspecified atom stereocenters. The fraction of sp³-hybridized carbons (Fsp3) is 0.857. The van der Waals surface area contributed by atoms with Gasteiger partial charge in [-0.05, 0) is 6.00 Å². The van der Waals surface area contributed by atoms with Gasteiger partial charge in [-0.3, -0.25) is 6.42 Å². The van der Waals surface area contributed by atoms with Gasteiger partial charge in [-0.15, -0.1) is 0 Å². The van der Waals surface area contributed by atoms with Crippen molar-refractivity contribution in [3.63, 3.8) is 0 Å². The van der Waals surface area contributed by atoms with Gasteiger partial charge in [0.2, 0.25) is 0 Å². The number of hydrogen-bond acceptors (Lipinski definition) is 1. The van der Waals surface area contributed by atoms with Crippen LogP contribution in [0.2, 0.25) is 0 Å². The van der Waals surface area contributed by atoms with Crippen LogP contribution in [0.3, 0.4) is 0 Å². The van der Waals surface area contributed by atoms with E-state index >= 15 is 0 Å². The van der Waals surface area contributed by atoms with Crippen LogP contribution in [0, 0.1) is 12.3 Å². The summed E-state index contributed by atoms with van der Waals surface area (Å²) in [7, 11) is 5.59. The van der Waals surface area contributed by atoms with Gasteiger partial charge in [0.05, 0.1) is 0 Å². The van der Waals surface area contributed by atoms with Crippen LogP contribution >= 0.6 is 0 Å². The minimum atomic E-state index is -0.0602. The Bertz CT molecular complexity index is 89.6. The third-order valence-corrected chi connectivity index (χ3v) is 1.77. The van der Waals surface area contributed by atoms with E-state index in [1.54, 1.807) is 0 Å². The molecule has 0 aliphatic carbocycles. The zero-order valence-electron chi connectivity index (χ0n) is 6.58. The van der Waals surface area contributed by atoms with Crippen molar-refractivity contribution in [2.75, 3.05) is 0 Å². The number of ether oxygens (including phenoxy) is 1. The van der Waals surface area contributed by atoms with Gasteiger partial charge in [0.15, 0.2) is 0 Å². The number of rotatable bonds is 1. The van der Waals surface area contributed by atoms with Crippen LogP contribution in [-0.4, -0.2) is 20.0 Å². The second-order valence-corrected chi connectivity index (χ2v) is 2.60. The van der Waals surface area contributed by atoms with Crippen LogP contribution < -0.4 is 0 Å². The topological polar surface area (TPSA) is 9.23 Å². The van der Waals surface area contributed by atoms with Gasteiger partial charge < -0.3 is 4.74 Å². The van der Waals surface area contributed by atoms with Crippen molar-refractivity contribution in [2.24, 2.45) is 5.92 Å². The summed E-state index contributed by atoms with van der Waals surface area (Å²) in [6.07, 6.45) is 3.51. The summed E-state index contributed by atoms with van der Waals surface area (Å²) < 4.78 is 5.34. The largest absolute Gasteiger partial charge is 0.419 e. The van der Waals surface area contributed by atoms with Gasteiger partial charge in [-0.2, -0.15) is 5.92 Å². The molecule has 0 amide bonds. The summed E-state index contributed by atoms with van der Waals surface area (Å²) in [5, 5.41) is 0. The van der Waals surface area contributed by atoms with E-state index < -0.39 is 0 Å². The van der Waals surface area contributed by atoms with E-state index in [1.165, 1.54) is 0 Å². The van der Waals surface area contributed by atoms with Gasteiger partial charge in [-0.1, -0.05) is 26.4 Å². The average molecular weight is 212 g/mol. The molecule has 10 heavy (non-hydrogen) atoms. The molecular weight excluding hydrogens is 200 g/mol. The fourth-order valence-electron chi connectivity index (χ4n) is 1.05.